The van der Waals surface area contributed by atoms with E-state index in [0.29, 0.717) is 19.5 Å². The topological polar surface area (TPSA) is 54.5 Å². The molecular weight excluding hydrogens is 270 g/mol. The second kappa shape index (κ2) is 4.61. The van der Waals surface area contributed by atoms with Crippen LogP contribution in [0.5, 0.6) is 0 Å². The van der Waals surface area contributed by atoms with Crippen molar-refractivity contribution < 1.29 is 13.2 Å². The highest BCUT2D eigenvalue weighted by molar-refractivity contribution is 9.09. The zero-order valence-corrected chi connectivity index (χ0v) is 10.5. The maximum atomic E-state index is 11.3. The molecule has 82 valence electrons. The van der Waals surface area contributed by atoms with Crippen molar-refractivity contribution in [1.82, 2.24) is 4.90 Å². The number of alkyl halides is 1. The van der Waals surface area contributed by atoms with Crippen LogP contribution in [-0.2, 0) is 14.6 Å². The zero-order valence-electron chi connectivity index (χ0n) is 8.07. The zero-order chi connectivity index (χ0) is 10.8. The third kappa shape index (κ3) is 2.95. The summed E-state index contributed by atoms with van der Waals surface area (Å²) >= 11 is 3.08. The summed E-state index contributed by atoms with van der Waals surface area (Å²) in [6.07, 6.45) is 2.68. The molecule has 0 saturated carbocycles. The molecule has 6 heteroatoms. The summed E-state index contributed by atoms with van der Waals surface area (Å²) in [6.45, 7) is 1.03. The predicted molar refractivity (Wildman–Crippen MR) is 58.2 cm³/mol. The van der Waals surface area contributed by atoms with Crippen LogP contribution in [0.2, 0.25) is 0 Å². The normalized spacial score (nSPS) is 23.6. The monoisotopic (exact) mass is 283 g/mol. The van der Waals surface area contributed by atoms with Crippen LogP contribution in [0.4, 0.5) is 0 Å². The highest BCUT2D eigenvalue weighted by Gasteiger charge is 2.29. The smallest absolute Gasteiger partial charge is 0.233 e. The SMILES string of the molecule is CS(=O)(=O)C1CCCN(C(=O)CBr)C1. The maximum Gasteiger partial charge on any atom is 0.233 e. The summed E-state index contributed by atoms with van der Waals surface area (Å²) in [5.41, 5.74) is 0. The Bertz CT molecular complexity index is 315. The number of nitrogens with zero attached hydrogens (tertiary/aromatic N) is 1. The quantitative estimate of drug-likeness (QED) is 0.690. The molecule has 1 atom stereocenters. The Kier molecular flexibility index (Phi) is 3.94. The standard InChI is InChI=1S/C8H14BrNO3S/c1-14(12,13)7-3-2-4-10(6-7)8(11)5-9/h7H,2-6H2,1H3. The van der Waals surface area contributed by atoms with Crippen LogP contribution >= 0.6 is 15.9 Å². The third-order valence-electron chi connectivity index (χ3n) is 2.45. The van der Waals surface area contributed by atoms with Gasteiger partial charge in [-0.05, 0) is 12.8 Å². The van der Waals surface area contributed by atoms with E-state index < -0.39 is 9.84 Å². The molecule has 1 fully saturated rings. The molecule has 0 spiro atoms. The molecule has 0 radical (unpaired) electrons. The first-order chi connectivity index (χ1) is 6.45. The molecule has 0 bridgehead atoms. The summed E-state index contributed by atoms with van der Waals surface area (Å²) in [4.78, 5) is 12.9. The van der Waals surface area contributed by atoms with Crippen LogP contribution < -0.4 is 0 Å². The van der Waals surface area contributed by atoms with Gasteiger partial charge in [-0.1, -0.05) is 15.9 Å². The van der Waals surface area contributed by atoms with Crippen LogP contribution in [0.15, 0.2) is 0 Å². The van der Waals surface area contributed by atoms with Gasteiger partial charge in [0, 0.05) is 19.3 Å². The molecule has 0 aromatic heterocycles. The highest BCUT2D eigenvalue weighted by atomic mass is 79.9. The van der Waals surface area contributed by atoms with Gasteiger partial charge in [0.15, 0.2) is 9.84 Å². The van der Waals surface area contributed by atoms with Crippen LogP contribution in [0, 0.1) is 0 Å². The van der Waals surface area contributed by atoms with Crippen LogP contribution in [0.3, 0.4) is 0 Å². The van der Waals surface area contributed by atoms with Gasteiger partial charge in [0.1, 0.15) is 0 Å². The van der Waals surface area contributed by atoms with Gasteiger partial charge in [0.2, 0.25) is 5.91 Å². The van der Waals surface area contributed by atoms with Crippen molar-refractivity contribution in [3.8, 4) is 0 Å². The number of amides is 1. The van der Waals surface area contributed by atoms with Gasteiger partial charge in [0.05, 0.1) is 10.6 Å². The fraction of sp³-hybridized carbons (Fsp3) is 0.875. The van der Waals surface area contributed by atoms with Crippen molar-refractivity contribution in [3.63, 3.8) is 0 Å². The first kappa shape index (κ1) is 12.0. The van der Waals surface area contributed by atoms with Crippen LogP contribution in [0.25, 0.3) is 0 Å². The second-order valence-corrected chi connectivity index (χ2v) is 6.45. The fourth-order valence-corrected chi connectivity index (χ4v) is 3.00. The molecule has 0 aromatic carbocycles. The van der Waals surface area contributed by atoms with E-state index in [4.69, 9.17) is 0 Å². The van der Waals surface area contributed by atoms with Crippen molar-refractivity contribution in [2.75, 3.05) is 24.7 Å². The molecule has 1 unspecified atom stereocenters. The molecule has 1 saturated heterocycles. The van der Waals surface area contributed by atoms with Gasteiger partial charge in [-0.15, -0.1) is 0 Å². The fourth-order valence-electron chi connectivity index (χ4n) is 1.60. The molecule has 0 aromatic rings. The van der Waals surface area contributed by atoms with Crippen molar-refractivity contribution in [2.24, 2.45) is 0 Å². The molecular formula is C8H14BrNO3S. The second-order valence-electron chi connectivity index (χ2n) is 3.57. The Morgan fingerprint density at radius 3 is 2.71 bits per heavy atom. The van der Waals surface area contributed by atoms with Gasteiger partial charge < -0.3 is 4.90 Å². The molecule has 0 aliphatic carbocycles. The van der Waals surface area contributed by atoms with Gasteiger partial charge in [0.25, 0.3) is 0 Å². The minimum Gasteiger partial charge on any atom is -0.341 e. The lowest BCUT2D eigenvalue weighted by atomic mass is 10.1. The molecule has 14 heavy (non-hydrogen) atoms. The van der Waals surface area contributed by atoms with Crippen molar-refractivity contribution in [1.29, 1.82) is 0 Å². The Morgan fingerprint density at radius 1 is 1.57 bits per heavy atom. The molecule has 0 N–H and O–H groups in total. The lowest BCUT2D eigenvalue weighted by molar-refractivity contribution is -0.129. The van der Waals surface area contributed by atoms with Crippen molar-refractivity contribution in [3.05, 3.63) is 0 Å². The number of hydrogen-bond acceptors (Lipinski definition) is 3. The average molecular weight is 284 g/mol. The largest absolute Gasteiger partial charge is 0.341 e. The predicted octanol–water partition coefficient (Wildman–Crippen LogP) is 0.417. The van der Waals surface area contributed by atoms with Gasteiger partial charge in [-0.25, -0.2) is 8.42 Å². The Balaban J connectivity index is 2.65. The number of hydrogen-bond donors (Lipinski definition) is 0. The lowest BCUT2D eigenvalue weighted by Crippen LogP contribution is -2.45. The van der Waals surface area contributed by atoms with E-state index in [1.54, 1.807) is 4.90 Å². The van der Waals surface area contributed by atoms with Crippen LogP contribution in [0.1, 0.15) is 12.8 Å². The molecule has 1 rings (SSSR count). The van der Waals surface area contributed by atoms with E-state index in [1.807, 2.05) is 0 Å². The first-order valence-electron chi connectivity index (χ1n) is 4.47. The summed E-state index contributed by atoms with van der Waals surface area (Å²) in [5, 5.41) is -0.108. The van der Waals surface area contributed by atoms with E-state index in [0.717, 1.165) is 6.42 Å². The first-order valence-corrected chi connectivity index (χ1v) is 7.55. The summed E-state index contributed by atoms with van der Waals surface area (Å²) in [7, 11) is -3.01. The van der Waals surface area contributed by atoms with E-state index in [-0.39, 0.29) is 16.5 Å². The van der Waals surface area contributed by atoms with E-state index in [1.165, 1.54) is 6.26 Å². The number of sulfone groups is 1. The Hall–Kier alpha value is -0.100. The number of rotatable bonds is 2. The molecule has 4 nitrogen and oxygen atoms in total. The van der Waals surface area contributed by atoms with E-state index in [9.17, 15) is 13.2 Å². The lowest BCUT2D eigenvalue weighted by Gasteiger charge is -2.31. The number of carbonyl (C=O) groups is 1. The van der Waals surface area contributed by atoms with Gasteiger partial charge in [-0.3, -0.25) is 4.79 Å². The molecule has 1 heterocycles. The Morgan fingerprint density at radius 2 is 2.21 bits per heavy atom. The van der Waals surface area contributed by atoms with Crippen molar-refractivity contribution >= 4 is 31.7 Å². The van der Waals surface area contributed by atoms with Gasteiger partial charge in [-0.2, -0.15) is 0 Å². The number of piperidine rings is 1. The summed E-state index contributed by atoms with van der Waals surface area (Å²) in [5.74, 6) is -0.0293. The van der Waals surface area contributed by atoms with Crippen molar-refractivity contribution in [2.45, 2.75) is 18.1 Å². The van der Waals surface area contributed by atoms with E-state index in [2.05, 4.69) is 15.9 Å². The third-order valence-corrected chi connectivity index (χ3v) is 4.53. The minimum atomic E-state index is -3.01. The van der Waals surface area contributed by atoms with Gasteiger partial charge >= 0.3 is 0 Å². The minimum absolute atomic E-state index is 0.0293. The molecule has 1 aliphatic rings. The summed E-state index contributed by atoms with van der Waals surface area (Å²) in [6, 6.07) is 0. The number of carbonyl (C=O) groups excluding carboxylic acids is 1. The Labute approximate surface area is 92.7 Å². The number of likely N-dealkylation sites (tertiary alicyclic amines) is 1. The molecule has 1 aliphatic heterocycles. The highest BCUT2D eigenvalue weighted by Crippen LogP contribution is 2.16. The van der Waals surface area contributed by atoms with E-state index >= 15 is 0 Å². The summed E-state index contributed by atoms with van der Waals surface area (Å²) < 4.78 is 22.6. The molecule has 1 amide bonds. The number of halogens is 1. The van der Waals surface area contributed by atoms with Crippen LogP contribution in [-0.4, -0.2) is 49.2 Å². The maximum absolute atomic E-state index is 11.3. The average Bonchev–Trinajstić information content (AvgIpc) is 2.15.